The first-order chi connectivity index (χ1) is 7.27. The number of hydrogen-bond acceptors (Lipinski definition) is 3. The van der Waals surface area contributed by atoms with Crippen LogP contribution in [0.1, 0.15) is 33.6 Å². The smallest absolute Gasteiger partial charge is 0.00768 e. The maximum absolute atomic E-state index is 3.43. The Morgan fingerprint density at radius 2 is 1.40 bits per heavy atom. The zero-order valence-electron chi connectivity index (χ0n) is 10.7. The van der Waals surface area contributed by atoms with Crippen molar-refractivity contribution in [1.82, 2.24) is 16.0 Å². The maximum Gasteiger partial charge on any atom is 0.00768 e. The highest BCUT2D eigenvalue weighted by molar-refractivity contribution is 4.55. The number of rotatable bonds is 11. The summed E-state index contributed by atoms with van der Waals surface area (Å²) in [6.07, 6.45) is 2.46. The quantitative estimate of drug-likeness (QED) is 0.453. The molecule has 0 unspecified atom stereocenters. The Hall–Kier alpha value is -0.120. The van der Waals surface area contributed by atoms with E-state index >= 15 is 0 Å². The molecule has 0 radical (unpaired) electrons. The zero-order chi connectivity index (χ0) is 11.4. The lowest BCUT2D eigenvalue weighted by atomic mass is 10.2. The molecule has 0 saturated carbocycles. The van der Waals surface area contributed by atoms with Gasteiger partial charge in [-0.2, -0.15) is 0 Å². The second kappa shape index (κ2) is 12.0. The molecule has 0 aromatic carbocycles. The van der Waals surface area contributed by atoms with Crippen molar-refractivity contribution in [3.8, 4) is 0 Å². The Bertz CT molecular complexity index is 115. The second-order valence-corrected chi connectivity index (χ2v) is 4.45. The fourth-order valence-corrected chi connectivity index (χ4v) is 1.33. The summed E-state index contributed by atoms with van der Waals surface area (Å²) < 4.78 is 0. The molecule has 0 fully saturated rings. The molecule has 15 heavy (non-hydrogen) atoms. The topological polar surface area (TPSA) is 36.1 Å². The van der Waals surface area contributed by atoms with Gasteiger partial charge in [0.2, 0.25) is 0 Å². The standard InChI is InChI=1S/C12H29N3/c1-4-6-13-7-5-8-14-9-10-15-11-12(2)3/h12-15H,4-11H2,1-3H3. The molecule has 0 aromatic rings. The van der Waals surface area contributed by atoms with Crippen molar-refractivity contribution in [3.63, 3.8) is 0 Å². The van der Waals surface area contributed by atoms with E-state index in [4.69, 9.17) is 0 Å². The highest BCUT2D eigenvalue weighted by atomic mass is 14.9. The summed E-state index contributed by atoms with van der Waals surface area (Å²) in [6, 6.07) is 0. The first kappa shape index (κ1) is 14.9. The third-order valence-electron chi connectivity index (χ3n) is 2.17. The van der Waals surface area contributed by atoms with Gasteiger partial charge in [0.05, 0.1) is 0 Å². The fourth-order valence-electron chi connectivity index (χ4n) is 1.33. The van der Waals surface area contributed by atoms with Crippen LogP contribution in [0.25, 0.3) is 0 Å². The average Bonchev–Trinajstić information content (AvgIpc) is 2.20. The summed E-state index contributed by atoms with van der Waals surface area (Å²) in [5, 5.41) is 10.2. The number of hydrogen-bond donors (Lipinski definition) is 3. The van der Waals surface area contributed by atoms with E-state index in [1.165, 1.54) is 12.8 Å². The van der Waals surface area contributed by atoms with E-state index in [0.29, 0.717) is 0 Å². The Kier molecular flexibility index (Phi) is 11.9. The molecule has 0 saturated heterocycles. The predicted octanol–water partition coefficient (Wildman–Crippen LogP) is 1.21. The van der Waals surface area contributed by atoms with E-state index in [0.717, 1.165) is 45.2 Å². The normalized spacial score (nSPS) is 11.2. The van der Waals surface area contributed by atoms with E-state index in [1.807, 2.05) is 0 Å². The van der Waals surface area contributed by atoms with Gasteiger partial charge in [-0.25, -0.2) is 0 Å². The molecule has 0 rings (SSSR count). The molecule has 92 valence electrons. The van der Waals surface area contributed by atoms with Gasteiger partial charge in [-0.1, -0.05) is 20.8 Å². The van der Waals surface area contributed by atoms with Crippen LogP contribution in [-0.2, 0) is 0 Å². The van der Waals surface area contributed by atoms with Crippen LogP contribution in [0.2, 0.25) is 0 Å². The molecule has 0 aliphatic rings. The summed E-state index contributed by atoms with van der Waals surface area (Å²) in [5.41, 5.74) is 0. The van der Waals surface area contributed by atoms with Gasteiger partial charge >= 0.3 is 0 Å². The van der Waals surface area contributed by atoms with Crippen molar-refractivity contribution in [3.05, 3.63) is 0 Å². The van der Waals surface area contributed by atoms with Gasteiger partial charge < -0.3 is 16.0 Å². The van der Waals surface area contributed by atoms with Gasteiger partial charge in [0.25, 0.3) is 0 Å². The molecule has 0 bridgehead atoms. The third-order valence-corrected chi connectivity index (χ3v) is 2.17. The Morgan fingerprint density at radius 1 is 0.800 bits per heavy atom. The zero-order valence-corrected chi connectivity index (χ0v) is 10.7. The van der Waals surface area contributed by atoms with Crippen LogP contribution >= 0.6 is 0 Å². The van der Waals surface area contributed by atoms with Gasteiger partial charge in [-0.15, -0.1) is 0 Å². The van der Waals surface area contributed by atoms with Gasteiger partial charge in [0, 0.05) is 13.1 Å². The first-order valence-electron chi connectivity index (χ1n) is 6.39. The van der Waals surface area contributed by atoms with Crippen molar-refractivity contribution < 1.29 is 0 Å². The molecule has 0 aliphatic heterocycles. The predicted molar refractivity (Wildman–Crippen MR) is 68.4 cm³/mol. The lowest BCUT2D eigenvalue weighted by molar-refractivity contribution is 0.528. The minimum Gasteiger partial charge on any atom is -0.317 e. The fraction of sp³-hybridized carbons (Fsp3) is 1.00. The van der Waals surface area contributed by atoms with Gasteiger partial charge in [0.1, 0.15) is 0 Å². The van der Waals surface area contributed by atoms with Crippen LogP contribution in [0, 0.1) is 5.92 Å². The molecule has 3 N–H and O–H groups in total. The molecule has 0 heterocycles. The lowest BCUT2D eigenvalue weighted by Gasteiger charge is -2.08. The van der Waals surface area contributed by atoms with Crippen molar-refractivity contribution in [2.45, 2.75) is 33.6 Å². The highest BCUT2D eigenvalue weighted by Gasteiger charge is 1.92. The van der Waals surface area contributed by atoms with Crippen LogP contribution in [0.5, 0.6) is 0 Å². The molecule has 0 aliphatic carbocycles. The lowest BCUT2D eigenvalue weighted by Crippen LogP contribution is -2.31. The van der Waals surface area contributed by atoms with Crippen LogP contribution < -0.4 is 16.0 Å². The van der Waals surface area contributed by atoms with Gasteiger partial charge in [-0.3, -0.25) is 0 Å². The van der Waals surface area contributed by atoms with E-state index in [9.17, 15) is 0 Å². The highest BCUT2D eigenvalue weighted by Crippen LogP contribution is 1.85. The molecule has 0 spiro atoms. The molecule has 3 nitrogen and oxygen atoms in total. The summed E-state index contributed by atoms with van der Waals surface area (Å²) in [6.45, 7) is 13.4. The summed E-state index contributed by atoms with van der Waals surface area (Å²) >= 11 is 0. The molecular formula is C12H29N3. The average molecular weight is 215 g/mol. The summed E-state index contributed by atoms with van der Waals surface area (Å²) in [5.74, 6) is 0.753. The van der Waals surface area contributed by atoms with E-state index < -0.39 is 0 Å². The van der Waals surface area contributed by atoms with E-state index in [1.54, 1.807) is 0 Å². The minimum atomic E-state index is 0.753. The largest absolute Gasteiger partial charge is 0.317 e. The molecular weight excluding hydrogens is 186 g/mol. The van der Waals surface area contributed by atoms with Crippen molar-refractivity contribution in [1.29, 1.82) is 0 Å². The van der Waals surface area contributed by atoms with Crippen molar-refractivity contribution in [2.75, 3.05) is 39.3 Å². The number of nitrogens with one attached hydrogen (secondary N) is 3. The first-order valence-corrected chi connectivity index (χ1v) is 6.39. The Balaban J connectivity index is 2.87. The second-order valence-electron chi connectivity index (χ2n) is 4.45. The summed E-state index contributed by atoms with van der Waals surface area (Å²) in [7, 11) is 0. The third kappa shape index (κ3) is 13.9. The van der Waals surface area contributed by atoms with Crippen LogP contribution in [0.15, 0.2) is 0 Å². The van der Waals surface area contributed by atoms with Crippen LogP contribution in [-0.4, -0.2) is 39.3 Å². The van der Waals surface area contributed by atoms with E-state index in [2.05, 4.69) is 36.7 Å². The minimum absolute atomic E-state index is 0.753. The summed E-state index contributed by atoms with van der Waals surface area (Å²) in [4.78, 5) is 0. The monoisotopic (exact) mass is 215 g/mol. The van der Waals surface area contributed by atoms with Crippen molar-refractivity contribution >= 4 is 0 Å². The van der Waals surface area contributed by atoms with Crippen LogP contribution in [0.3, 0.4) is 0 Å². The van der Waals surface area contributed by atoms with Gasteiger partial charge in [-0.05, 0) is 44.9 Å². The van der Waals surface area contributed by atoms with Crippen molar-refractivity contribution in [2.24, 2.45) is 5.92 Å². The SMILES string of the molecule is CCCNCCCNCCNCC(C)C. The van der Waals surface area contributed by atoms with Crippen LogP contribution in [0.4, 0.5) is 0 Å². The van der Waals surface area contributed by atoms with Gasteiger partial charge in [0.15, 0.2) is 0 Å². The molecule has 0 amide bonds. The molecule has 0 atom stereocenters. The van der Waals surface area contributed by atoms with E-state index in [-0.39, 0.29) is 0 Å². The molecule has 0 aromatic heterocycles. The maximum atomic E-state index is 3.43. The Morgan fingerprint density at radius 3 is 2.00 bits per heavy atom. The Labute approximate surface area is 95.4 Å². The molecule has 3 heteroatoms.